The third-order valence-electron chi connectivity index (χ3n) is 3.02. The molecule has 0 saturated heterocycles. The Hall–Kier alpha value is -3.42. The summed E-state index contributed by atoms with van der Waals surface area (Å²) in [5.41, 5.74) is 3.77. The Morgan fingerprint density at radius 1 is 1.17 bits per heavy atom. The Morgan fingerprint density at radius 2 is 1.96 bits per heavy atom. The van der Waals surface area contributed by atoms with Gasteiger partial charge in [-0.2, -0.15) is 5.10 Å². The zero-order valence-corrected chi connectivity index (χ0v) is 11.8. The van der Waals surface area contributed by atoms with E-state index in [9.17, 15) is 9.18 Å². The average Bonchev–Trinajstić information content (AvgIpc) is 3.11. The summed E-state index contributed by atoms with van der Waals surface area (Å²) < 4.78 is 14.9. The average molecular weight is 310 g/mol. The lowest BCUT2D eigenvalue weighted by Gasteiger charge is -2.02. The number of hydrogen-bond acceptors (Lipinski definition) is 5. The summed E-state index contributed by atoms with van der Waals surface area (Å²) in [6, 6.07) is 12.8. The molecule has 0 aliphatic rings. The van der Waals surface area contributed by atoms with Gasteiger partial charge in [-0.05, 0) is 40.8 Å². The van der Waals surface area contributed by atoms with Crippen LogP contribution in [0, 0.1) is 5.82 Å². The second kappa shape index (κ2) is 6.56. The quantitative estimate of drug-likeness (QED) is 0.585. The number of carbonyl (C=O) groups excluding carboxylic acids is 1. The van der Waals surface area contributed by atoms with Gasteiger partial charge >= 0.3 is 0 Å². The van der Waals surface area contributed by atoms with Crippen molar-refractivity contribution in [1.82, 2.24) is 25.6 Å². The topological polar surface area (TPSA) is 85.1 Å². The summed E-state index contributed by atoms with van der Waals surface area (Å²) in [6.45, 7) is 0. The predicted molar refractivity (Wildman–Crippen MR) is 80.6 cm³/mol. The van der Waals surface area contributed by atoms with E-state index in [0.29, 0.717) is 11.1 Å². The van der Waals surface area contributed by atoms with Crippen LogP contribution in [0.2, 0.25) is 0 Å². The van der Waals surface area contributed by atoms with E-state index in [0.717, 1.165) is 5.69 Å². The fourth-order valence-electron chi connectivity index (χ4n) is 1.85. The second-order valence-corrected chi connectivity index (χ2v) is 4.52. The van der Waals surface area contributed by atoms with Gasteiger partial charge in [-0.1, -0.05) is 18.2 Å². The van der Waals surface area contributed by atoms with Crippen molar-refractivity contribution in [1.29, 1.82) is 0 Å². The highest BCUT2D eigenvalue weighted by molar-refractivity contribution is 5.95. The van der Waals surface area contributed by atoms with Crippen LogP contribution in [0.5, 0.6) is 0 Å². The standard InChI is InChI=1S/C15H11FN6O/c16-14-4-2-1-3-12(14)9-17-19-15(23)11-5-7-13(8-6-11)22-10-18-20-21-22/h1-10H,(H,19,23). The molecule has 0 aliphatic heterocycles. The first kappa shape index (κ1) is 14.5. The lowest BCUT2D eigenvalue weighted by Crippen LogP contribution is -2.17. The Balaban J connectivity index is 1.66. The highest BCUT2D eigenvalue weighted by atomic mass is 19.1. The van der Waals surface area contributed by atoms with Crippen LogP contribution in [-0.4, -0.2) is 32.3 Å². The van der Waals surface area contributed by atoms with Crippen molar-refractivity contribution < 1.29 is 9.18 Å². The SMILES string of the molecule is O=C(NN=Cc1ccccc1F)c1ccc(-n2cnnn2)cc1. The molecule has 0 radical (unpaired) electrons. The molecule has 114 valence electrons. The van der Waals surface area contributed by atoms with E-state index in [1.54, 1.807) is 42.5 Å². The number of benzene rings is 2. The molecule has 1 amide bonds. The van der Waals surface area contributed by atoms with Crippen LogP contribution < -0.4 is 5.43 Å². The van der Waals surface area contributed by atoms with E-state index in [1.807, 2.05) is 0 Å². The van der Waals surface area contributed by atoms with Gasteiger partial charge in [0.15, 0.2) is 0 Å². The second-order valence-electron chi connectivity index (χ2n) is 4.52. The molecule has 0 saturated carbocycles. The summed E-state index contributed by atoms with van der Waals surface area (Å²) >= 11 is 0. The van der Waals surface area contributed by atoms with Gasteiger partial charge < -0.3 is 0 Å². The Labute approximate surface area is 130 Å². The molecule has 0 fully saturated rings. The van der Waals surface area contributed by atoms with E-state index in [2.05, 4.69) is 26.1 Å². The van der Waals surface area contributed by atoms with Crippen molar-refractivity contribution in [3.63, 3.8) is 0 Å². The third kappa shape index (κ3) is 3.43. The minimum Gasteiger partial charge on any atom is -0.267 e. The zero-order chi connectivity index (χ0) is 16.1. The number of hydrazone groups is 1. The molecule has 3 rings (SSSR count). The van der Waals surface area contributed by atoms with Crippen molar-refractivity contribution in [3.8, 4) is 5.69 Å². The number of amides is 1. The molecule has 7 nitrogen and oxygen atoms in total. The normalized spacial score (nSPS) is 10.8. The number of carbonyl (C=O) groups is 1. The highest BCUT2D eigenvalue weighted by Gasteiger charge is 2.05. The maximum absolute atomic E-state index is 13.4. The molecule has 0 aliphatic carbocycles. The maximum atomic E-state index is 13.4. The minimum atomic E-state index is -0.406. The van der Waals surface area contributed by atoms with Crippen molar-refractivity contribution in [2.45, 2.75) is 0 Å². The van der Waals surface area contributed by atoms with Crippen LogP contribution in [0.1, 0.15) is 15.9 Å². The number of rotatable bonds is 4. The minimum absolute atomic E-state index is 0.293. The molecule has 1 aromatic heterocycles. The first-order valence-corrected chi connectivity index (χ1v) is 6.65. The summed E-state index contributed by atoms with van der Waals surface area (Å²) in [5.74, 6) is -0.808. The van der Waals surface area contributed by atoms with Crippen LogP contribution in [0.4, 0.5) is 4.39 Å². The molecule has 1 heterocycles. The highest BCUT2D eigenvalue weighted by Crippen LogP contribution is 2.08. The maximum Gasteiger partial charge on any atom is 0.271 e. The van der Waals surface area contributed by atoms with Crippen molar-refractivity contribution >= 4 is 12.1 Å². The summed E-state index contributed by atoms with van der Waals surface area (Å²) in [5, 5.41) is 14.6. The van der Waals surface area contributed by atoms with E-state index in [4.69, 9.17) is 0 Å². The molecular weight excluding hydrogens is 299 g/mol. The Kier molecular flexibility index (Phi) is 4.14. The van der Waals surface area contributed by atoms with Gasteiger partial charge in [0, 0.05) is 11.1 Å². The van der Waals surface area contributed by atoms with Gasteiger partial charge in [0.25, 0.3) is 5.91 Å². The monoisotopic (exact) mass is 310 g/mol. The van der Waals surface area contributed by atoms with Crippen LogP contribution in [0.25, 0.3) is 5.69 Å². The fraction of sp³-hybridized carbons (Fsp3) is 0. The molecule has 8 heteroatoms. The number of halogens is 1. The largest absolute Gasteiger partial charge is 0.271 e. The summed E-state index contributed by atoms with van der Waals surface area (Å²) in [7, 11) is 0. The molecular formula is C15H11FN6O. The predicted octanol–water partition coefficient (Wildman–Crippen LogP) is 1.57. The van der Waals surface area contributed by atoms with E-state index in [-0.39, 0.29) is 0 Å². The van der Waals surface area contributed by atoms with Gasteiger partial charge in [-0.3, -0.25) is 4.79 Å². The molecule has 2 aromatic carbocycles. The number of hydrogen-bond donors (Lipinski definition) is 1. The molecule has 23 heavy (non-hydrogen) atoms. The molecule has 0 spiro atoms. The van der Waals surface area contributed by atoms with Crippen molar-refractivity contribution in [2.24, 2.45) is 5.10 Å². The van der Waals surface area contributed by atoms with Crippen LogP contribution >= 0.6 is 0 Å². The van der Waals surface area contributed by atoms with Gasteiger partial charge in [-0.15, -0.1) is 5.10 Å². The summed E-state index contributed by atoms with van der Waals surface area (Å²) in [4.78, 5) is 12.0. The molecule has 0 unspecified atom stereocenters. The van der Waals surface area contributed by atoms with Crippen molar-refractivity contribution in [2.75, 3.05) is 0 Å². The number of nitrogens with zero attached hydrogens (tertiary/aromatic N) is 5. The van der Waals surface area contributed by atoms with Gasteiger partial charge in [0.2, 0.25) is 0 Å². The molecule has 1 N–H and O–H groups in total. The van der Waals surface area contributed by atoms with E-state index in [1.165, 1.54) is 23.3 Å². The number of aromatic nitrogens is 4. The Morgan fingerprint density at radius 3 is 2.65 bits per heavy atom. The first-order valence-electron chi connectivity index (χ1n) is 6.65. The molecule has 3 aromatic rings. The lowest BCUT2D eigenvalue weighted by atomic mass is 10.2. The van der Waals surface area contributed by atoms with Crippen LogP contribution in [0.15, 0.2) is 60.0 Å². The zero-order valence-electron chi connectivity index (χ0n) is 11.8. The van der Waals surface area contributed by atoms with E-state index >= 15 is 0 Å². The van der Waals surface area contributed by atoms with E-state index < -0.39 is 11.7 Å². The fourth-order valence-corrected chi connectivity index (χ4v) is 1.85. The van der Waals surface area contributed by atoms with Crippen molar-refractivity contribution in [3.05, 3.63) is 71.8 Å². The smallest absolute Gasteiger partial charge is 0.267 e. The van der Waals surface area contributed by atoms with Gasteiger partial charge in [-0.25, -0.2) is 14.5 Å². The lowest BCUT2D eigenvalue weighted by molar-refractivity contribution is 0.0955. The first-order chi connectivity index (χ1) is 11.2. The van der Waals surface area contributed by atoms with Crippen LogP contribution in [0.3, 0.4) is 0 Å². The Bertz CT molecular complexity index is 829. The van der Waals surface area contributed by atoms with Crippen LogP contribution in [-0.2, 0) is 0 Å². The molecule has 0 atom stereocenters. The van der Waals surface area contributed by atoms with Gasteiger partial charge in [0.1, 0.15) is 12.1 Å². The summed E-state index contributed by atoms with van der Waals surface area (Å²) in [6.07, 6.45) is 2.70. The molecule has 0 bridgehead atoms. The number of tetrazole rings is 1. The number of nitrogens with one attached hydrogen (secondary N) is 1. The third-order valence-corrected chi connectivity index (χ3v) is 3.02. The van der Waals surface area contributed by atoms with Gasteiger partial charge in [0.05, 0.1) is 11.9 Å².